The number of hydrogen-bond donors (Lipinski definition) is 1. The SMILES string of the molecule is O[C@@H]1CCC[C@@H]([C@@H]2c3sccc3-c3cncn32)C1. The Bertz CT molecular complexity index is 534. The van der Waals surface area contributed by atoms with Crippen LogP contribution in [-0.4, -0.2) is 20.8 Å². The maximum absolute atomic E-state index is 9.92. The van der Waals surface area contributed by atoms with Crippen LogP contribution >= 0.6 is 11.3 Å². The van der Waals surface area contributed by atoms with E-state index in [2.05, 4.69) is 21.0 Å². The van der Waals surface area contributed by atoms with Crippen molar-refractivity contribution < 1.29 is 5.11 Å². The molecule has 94 valence electrons. The van der Waals surface area contributed by atoms with E-state index in [4.69, 9.17) is 0 Å². The molecule has 2 aromatic heterocycles. The molecule has 1 aliphatic heterocycles. The highest BCUT2D eigenvalue weighted by molar-refractivity contribution is 7.10. The Morgan fingerprint density at radius 3 is 3.22 bits per heavy atom. The Kier molecular flexibility index (Phi) is 2.35. The molecule has 1 N–H and O–H groups in total. The Balaban J connectivity index is 1.77. The van der Waals surface area contributed by atoms with Crippen molar-refractivity contribution in [2.45, 2.75) is 37.8 Å². The average molecular weight is 260 g/mol. The number of nitrogens with zero attached hydrogens (tertiary/aromatic N) is 2. The molecule has 0 aromatic carbocycles. The second kappa shape index (κ2) is 3.93. The van der Waals surface area contributed by atoms with Gasteiger partial charge in [-0.15, -0.1) is 11.3 Å². The highest BCUT2D eigenvalue weighted by atomic mass is 32.1. The first-order valence-corrected chi connectivity index (χ1v) is 7.50. The Morgan fingerprint density at radius 2 is 2.33 bits per heavy atom. The zero-order valence-corrected chi connectivity index (χ0v) is 10.9. The van der Waals surface area contributed by atoms with Gasteiger partial charge in [0.2, 0.25) is 0 Å². The molecule has 3 heterocycles. The minimum Gasteiger partial charge on any atom is -0.393 e. The lowest BCUT2D eigenvalue weighted by atomic mass is 9.82. The first-order valence-electron chi connectivity index (χ1n) is 6.62. The third-order valence-electron chi connectivity index (χ3n) is 4.34. The summed E-state index contributed by atoms with van der Waals surface area (Å²) in [5.74, 6) is 0.557. The smallest absolute Gasteiger partial charge is 0.0957 e. The van der Waals surface area contributed by atoms with E-state index in [1.54, 1.807) is 0 Å². The lowest BCUT2D eigenvalue weighted by molar-refractivity contribution is 0.0892. The third kappa shape index (κ3) is 1.42. The van der Waals surface area contributed by atoms with Crippen LogP contribution in [0.3, 0.4) is 0 Å². The summed E-state index contributed by atoms with van der Waals surface area (Å²) >= 11 is 1.85. The van der Waals surface area contributed by atoms with Gasteiger partial charge in [0.15, 0.2) is 0 Å². The molecule has 0 amide bonds. The highest BCUT2D eigenvalue weighted by Gasteiger charge is 2.37. The van der Waals surface area contributed by atoms with Crippen molar-refractivity contribution in [3.8, 4) is 11.3 Å². The molecule has 3 atom stereocenters. The van der Waals surface area contributed by atoms with Gasteiger partial charge < -0.3 is 9.67 Å². The van der Waals surface area contributed by atoms with Gasteiger partial charge in [-0.05, 0) is 36.6 Å². The van der Waals surface area contributed by atoms with E-state index in [1.165, 1.54) is 22.6 Å². The van der Waals surface area contributed by atoms with Gasteiger partial charge in [0.05, 0.1) is 30.4 Å². The number of hydrogen-bond acceptors (Lipinski definition) is 3. The quantitative estimate of drug-likeness (QED) is 0.855. The van der Waals surface area contributed by atoms with Crippen molar-refractivity contribution in [2.24, 2.45) is 5.92 Å². The van der Waals surface area contributed by atoms with Gasteiger partial charge in [-0.25, -0.2) is 4.98 Å². The second-order valence-electron chi connectivity index (χ2n) is 5.41. The predicted molar refractivity (Wildman–Crippen MR) is 71.6 cm³/mol. The van der Waals surface area contributed by atoms with Crippen LogP contribution in [-0.2, 0) is 0 Å². The van der Waals surface area contributed by atoms with E-state index >= 15 is 0 Å². The molecule has 0 spiro atoms. The number of thiophene rings is 1. The summed E-state index contributed by atoms with van der Waals surface area (Å²) in [4.78, 5) is 5.76. The number of imidazole rings is 1. The Hall–Kier alpha value is -1.13. The lowest BCUT2D eigenvalue weighted by Crippen LogP contribution is -2.26. The normalized spacial score (nSPS) is 30.2. The fourth-order valence-electron chi connectivity index (χ4n) is 3.55. The largest absolute Gasteiger partial charge is 0.393 e. The zero-order valence-electron chi connectivity index (χ0n) is 10.1. The minimum absolute atomic E-state index is 0.111. The summed E-state index contributed by atoms with van der Waals surface area (Å²) in [5.41, 5.74) is 2.60. The van der Waals surface area contributed by atoms with Gasteiger partial charge in [0, 0.05) is 10.4 Å². The van der Waals surface area contributed by atoms with E-state index in [0.29, 0.717) is 12.0 Å². The Labute approximate surface area is 110 Å². The molecule has 3 nitrogen and oxygen atoms in total. The standard InChI is InChI=1S/C14H16N2OS/c17-10-3-1-2-9(6-10)13-14-11(4-5-18-14)12-7-15-8-16(12)13/h4-5,7-10,13,17H,1-3,6H2/t9-,10-,13-/m1/s1. The molecule has 0 bridgehead atoms. The number of fused-ring (bicyclic) bond motifs is 3. The highest BCUT2D eigenvalue weighted by Crippen LogP contribution is 2.49. The van der Waals surface area contributed by atoms with Crippen LogP contribution in [0.2, 0.25) is 0 Å². The van der Waals surface area contributed by atoms with Crippen molar-refractivity contribution in [1.29, 1.82) is 0 Å². The topological polar surface area (TPSA) is 38.1 Å². The van der Waals surface area contributed by atoms with E-state index in [-0.39, 0.29) is 6.10 Å². The van der Waals surface area contributed by atoms with Gasteiger partial charge in [0.1, 0.15) is 0 Å². The molecule has 1 saturated carbocycles. The van der Waals surface area contributed by atoms with Gasteiger partial charge >= 0.3 is 0 Å². The fraction of sp³-hybridized carbons (Fsp3) is 0.500. The number of aromatic nitrogens is 2. The summed E-state index contributed by atoms with van der Waals surface area (Å²) in [5, 5.41) is 12.1. The van der Waals surface area contributed by atoms with Crippen molar-refractivity contribution >= 4 is 11.3 Å². The number of aliphatic hydroxyl groups excluding tert-OH is 1. The van der Waals surface area contributed by atoms with Crippen molar-refractivity contribution in [3.63, 3.8) is 0 Å². The fourth-order valence-corrected chi connectivity index (χ4v) is 4.65. The molecule has 4 rings (SSSR count). The van der Waals surface area contributed by atoms with Crippen LogP contribution in [0.4, 0.5) is 0 Å². The molecule has 2 aromatic rings. The van der Waals surface area contributed by atoms with Crippen LogP contribution in [0.5, 0.6) is 0 Å². The number of rotatable bonds is 1. The molecule has 1 fully saturated rings. The van der Waals surface area contributed by atoms with Crippen LogP contribution in [0.1, 0.15) is 36.6 Å². The van der Waals surface area contributed by atoms with Crippen molar-refractivity contribution in [2.75, 3.05) is 0 Å². The molecule has 0 saturated heterocycles. The van der Waals surface area contributed by atoms with Crippen LogP contribution < -0.4 is 0 Å². The van der Waals surface area contributed by atoms with Crippen LogP contribution in [0.25, 0.3) is 11.3 Å². The summed E-state index contributed by atoms with van der Waals surface area (Å²) in [6.07, 6.45) is 8.07. The van der Waals surface area contributed by atoms with E-state index in [9.17, 15) is 5.11 Å². The lowest BCUT2D eigenvalue weighted by Gasteiger charge is -2.31. The van der Waals surface area contributed by atoms with Gasteiger partial charge in [-0.3, -0.25) is 0 Å². The van der Waals surface area contributed by atoms with Crippen molar-refractivity contribution in [1.82, 2.24) is 9.55 Å². The summed E-state index contributed by atoms with van der Waals surface area (Å²) in [6, 6.07) is 2.61. The monoisotopic (exact) mass is 260 g/mol. The minimum atomic E-state index is -0.111. The summed E-state index contributed by atoms with van der Waals surface area (Å²) in [6.45, 7) is 0. The summed E-state index contributed by atoms with van der Waals surface area (Å²) in [7, 11) is 0. The van der Waals surface area contributed by atoms with Gasteiger partial charge in [-0.1, -0.05) is 6.42 Å². The van der Waals surface area contributed by atoms with Crippen molar-refractivity contribution in [3.05, 3.63) is 28.8 Å². The van der Waals surface area contributed by atoms with E-state index in [0.717, 1.165) is 19.3 Å². The first kappa shape index (κ1) is 10.8. The molecule has 0 radical (unpaired) electrons. The molecule has 1 aliphatic carbocycles. The number of aliphatic hydroxyl groups is 1. The second-order valence-corrected chi connectivity index (χ2v) is 6.36. The first-order chi connectivity index (χ1) is 8.84. The average Bonchev–Trinajstić information content (AvgIpc) is 2.99. The van der Waals surface area contributed by atoms with Gasteiger partial charge in [0.25, 0.3) is 0 Å². The zero-order chi connectivity index (χ0) is 12.1. The van der Waals surface area contributed by atoms with Crippen LogP contribution in [0, 0.1) is 5.92 Å². The van der Waals surface area contributed by atoms with E-state index in [1.807, 2.05) is 23.9 Å². The third-order valence-corrected chi connectivity index (χ3v) is 5.33. The molecular weight excluding hydrogens is 244 g/mol. The van der Waals surface area contributed by atoms with Crippen LogP contribution in [0.15, 0.2) is 24.0 Å². The Morgan fingerprint density at radius 1 is 1.39 bits per heavy atom. The molecular formula is C14H16N2OS. The maximum Gasteiger partial charge on any atom is 0.0957 e. The van der Waals surface area contributed by atoms with Gasteiger partial charge in [-0.2, -0.15) is 0 Å². The van der Waals surface area contributed by atoms with E-state index < -0.39 is 0 Å². The molecule has 18 heavy (non-hydrogen) atoms. The molecule has 0 unspecified atom stereocenters. The molecule has 2 aliphatic rings. The predicted octanol–water partition coefficient (Wildman–Crippen LogP) is 3.07. The molecule has 4 heteroatoms. The summed E-state index contributed by atoms with van der Waals surface area (Å²) < 4.78 is 2.31. The maximum atomic E-state index is 9.92.